The van der Waals surface area contributed by atoms with Crippen LogP contribution in [0.2, 0.25) is 10.3 Å². The van der Waals surface area contributed by atoms with Gasteiger partial charge in [0.1, 0.15) is 5.52 Å². The number of amides is 1. The Bertz CT molecular complexity index is 1170. The van der Waals surface area contributed by atoms with Crippen molar-refractivity contribution in [3.63, 3.8) is 0 Å². The number of carbonyl (C=O) groups excluding carboxylic acids is 1. The second kappa shape index (κ2) is 8.37. The minimum atomic E-state index is -0.642. The van der Waals surface area contributed by atoms with Crippen LogP contribution in [-0.4, -0.2) is 51.2 Å². The number of carbonyl (C=O) groups is 1. The fraction of sp³-hybridized carbons (Fsp3) is 0.368. The predicted molar refractivity (Wildman–Crippen MR) is 117 cm³/mol. The lowest BCUT2D eigenvalue weighted by molar-refractivity contribution is 0.0821. The van der Waals surface area contributed by atoms with Crippen molar-refractivity contribution < 1.29 is 9.18 Å². The van der Waals surface area contributed by atoms with Gasteiger partial charge in [0.15, 0.2) is 11.5 Å². The fourth-order valence-electron chi connectivity index (χ4n) is 3.53. The molecule has 1 aromatic carbocycles. The van der Waals surface area contributed by atoms with E-state index in [1.807, 2.05) is 4.68 Å². The van der Waals surface area contributed by atoms with Crippen molar-refractivity contribution >= 4 is 55.9 Å². The summed E-state index contributed by atoms with van der Waals surface area (Å²) in [6.07, 6.45) is 1.91. The number of nitrogens with zero attached hydrogens (tertiary/aromatic N) is 5. The van der Waals surface area contributed by atoms with Gasteiger partial charge in [-0.25, -0.2) is 14.4 Å². The van der Waals surface area contributed by atoms with Crippen molar-refractivity contribution in [1.82, 2.24) is 30.0 Å². The van der Waals surface area contributed by atoms with Crippen molar-refractivity contribution in [2.75, 3.05) is 20.6 Å². The molecule has 0 saturated heterocycles. The number of aromatic nitrogens is 4. The van der Waals surface area contributed by atoms with Crippen LogP contribution in [-0.2, 0) is 13.1 Å². The third kappa shape index (κ3) is 3.68. The van der Waals surface area contributed by atoms with E-state index in [1.54, 1.807) is 20.2 Å². The Hall–Kier alpha value is -1.81. The van der Waals surface area contributed by atoms with E-state index in [4.69, 9.17) is 23.2 Å². The molecule has 0 saturated carbocycles. The van der Waals surface area contributed by atoms with Crippen molar-refractivity contribution in [2.24, 2.45) is 0 Å². The maximum absolute atomic E-state index is 14.9. The highest BCUT2D eigenvalue weighted by Gasteiger charge is 2.29. The normalized spacial score (nSPS) is 14.3. The van der Waals surface area contributed by atoms with Gasteiger partial charge in [-0.3, -0.25) is 9.48 Å². The number of fused-ring (bicyclic) bond motifs is 2. The molecule has 0 spiro atoms. The molecule has 1 N–H and O–H groups in total. The van der Waals surface area contributed by atoms with E-state index in [2.05, 4.69) is 36.3 Å². The van der Waals surface area contributed by atoms with Gasteiger partial charge in [-0.1, -0.05) is 11.6 Å². The van der Waals surface area contributed by atoms with Crippen LogP contribution < -0.4 is 5.32 Å². The van der Waals surface area contributed by atoms with Crippen LogP contribution in [0.5, 0.6) is 0 Å². The highest BCUT2D eigenvalue weighted by atomic mass is 79.9. The molecule has 0 fully saturated rings. The zero-order valence-corrected chi connectivity index (χ0v) is 19.4. The Morgan fingerprint density at radius 2 is 2.07 bits per heavy atom. The molecular formula is C19H18BrCl2FN6O. The monoisotopic (exact) mass is 514 g/mol. The molecule has 3 heterocycles. The number of rotatable bonds is 2. The molecule has 0 atom stereocenters. The smallest absolute Gasteiger partial charge is 0.274 e. The van der Waals surface area contributed by atoms with Gasteiger partial charge in [0.05, 0.1) is 26.4 Å². The maximum Gasteiger partial charge on any atom is 0.274 e. The van der Waals surface area contributed by atoms with Crippen LogP contribution in [0.1, 0.15) is 29.0 Å². The van der Waals surface area contributed by atoms with Gasteiger partial charge in [-0.2, -0.15) is 5.10 Å². The first kappa shape index (κ1) is 21.4. The minimum absolute atomic E-state index is 0.0169. The summed E-state index contributed by atoms with van der Waals surface area (Å²) in [5, 5.41) is 8.35. The average Bonchev–Trinajstić information content (AvgIpc) is 3.02. The van der Waals surface area contributed by atoms with E-state index in [9.17, 15) is 9.18 Å². The summed E-state index contributed by atoms with van der Waals surface area (Å²) in [5.41, 5.74) is 1.87. The molecule has 1 amide bonds. The summed E-state index contributed by atoms with van der Waals surface area (Å²) in [4.78, 5) is 22.9. The van der Waals surface area contributed by atoms with Gasteiger partial charge in [0.2, 0.25) is 5.28 Å². The number of hydrogen-bond acceptors (Lipinski definition) is 5. The van der Waals surface area contributed by atoms with E-state index in [-0.39, 0.29) is 31.9 Å². The largest absolute Gasteiger partial charge is 0.343 e. The number of nitrogens with one attached hydrogen (secondary N) is 1. The van der Waals surface area contributed by atoms with E-state index in [1.165, 1.54) is 4.90 Å². The number of hydrogen-bond donors (Lipinski definition) is 1. The van der Waals surface area contributed by atoms with E-state index < -0.39 is 5.82 Å². The molecule has 2 aromatic heterocycles. The van der Waals surface area contributed by atoms with E-state index in [0.717, 1.165) is 25.1 Å². The van der Waals surface area contributed by atoms with Crippen LogP contribution in [0.3, 0.4) is 0 Å². The zero-order chi connectivity index (χ0) is 21.6. The van der Waals surface area contributed by atoms with Gasteiger partial charge in [0.25, 0.3) is 5.91 Å². The summed E-state index contributed by atoms with van der Waals surface area (Å²) in [7, 11) is 3.31. The molecular weight excluding hydrogens is 498 g/mol. The van der Waals surface area contributed by atoms with Gasteiger partial charge < -0.3 is 10.2 Å². The van der Waals surface area contributed by atoms with Gasteiger partial charge in [-0.05, 0) is 53.0 Å². The molecule has 0 aliphatic carbocycles. The number of aryl methyl sites for hydroxylation is 1. The van der Waals surface area contributed by atoms with Crippen LogP contribution in [0.25, 0.3) is 22.2 Å². The lowest BCUT2D eigenvalue weighted by Crippen LogP contribution is -2.23. The van der Waals surface area contributed by atoms with Gasteiger partial charge in [0, 0.05) is 32.6 Å². The average molecular weight is 516 g/mol. The van der Waals surface area contributed by atoms with Crippen LogP contribution in [0.15, 0.2) is 10.5 Å². The Morgan fingerprint density at radius 3 is 2.80 bits per heavy atom. The Kier molecular flexibility index (Phi) is 5.98. The van der Waals surface area contributed by atoms with Gasteiger partial charge in [-0.15, -0.1) is 0 Å². The first-order valence-corrected chi connectivity index (χ1v) is 10.9. The Balaban J connectivity index is 2.09. The van der Waals surface area contributed by atoms with E-state index in [0.29, 0.717) is 29.7 Å². The molecule has 0 bridgehead atoms. The number of benzene rings is 1. The highest BCUT2D eigenvalue weighted by Crippen LogP contribution is 2.38. The quantitative estimate of drug-likeness (QED) is 0.407. The van der Waals surface area contributed by atoms with Crippen LogP contribution >= 0.6 is 39.1 Å². The lowest BCUT2D eigenvalue weighted by atomic mass is 10.0. The van der Waals surface area contributed by atoms with Crippen molar-refractivity contribution in [3.8, 4) is 11.3 Å². The first-order valence-electron chi connectivity index (χ1n) is 9.32. The fourth-order valence-corrected chi connectivity index (χ4v) is 4.19. The van der Waals surface area contributed by atoms with Crippen molar-refractivity contribution in [3.05, 3.63) is 38.1 Å². The van der Waals surface area contributed by atoms with Crippen molar-refractivity contribution in [2.45, 2.75) is 25.9 Å². The molecule has 0 unspecified atom stereocenters. The topological polar surface area (TPSA) is 75.9 Å². The van der Waals surface area contributed by atoms with Gasteiger partial charge >= 0.3 is 0 Å². The summed E-state index contributed by atoms with van der Waals surface area (Å²) in [6, 6.07) is 1.57. The van der Waals surface area contributed by atoms with Crippen LogP contribution in [0.4, 0.5) is 4.39 Å². The molecule has 3 aromatic rings. The maximum atomic E-state index is 14.9. The van der Waals surface area contributed by atoms with Crippen molar-refractivity contribution in [1.29, 1.82) is 0 Å². The molecule has 7 nitrogen and oxygen atoms in total. The molecule has 158 valence electrons. The Labute approximate surface area is 190 Å². The Morgan fingerprint density at radius 1 is 1.30 bits per heavy atom. The molecule has 4 rings (SSSR count). The van der Waals surface area contributed by atoms with Crippen LogP contribution in [0, 0.1) is 5.82 Å². The lowest BCUT2D eigenvalue weighted by Gasteiger charge is -2.15. The molecule has 30 heavy (non-hydrogen) atoms. The molecule has 11 heteroatoms. The second-order valence-corrected chi connectivity index (χ2v) is 8.74. The summed E-state index contributed by atoms with van der Waals surface area (Å²) in [6.45, 7) is 2.00. The first-order chi connectivity index (χ1) is 14.3. The zero-order valence-electron chi connectivity index (χ0n) is 16.3. The predicted octanol–water partition coefficient (Wildman–Crippen LogP) is 4.29. The summed E-state index contributed by atoms with van der Waals surface area (Å²) >= 11 is 15.5. The van der Waals surface area contributed by atoms with E-state index >= 15 is 0 Å². The third-order valence-electron chi connectivity index (χ3n) is 4.97. The highest BCUT2D eigenvalue weighted by molar-refractivity contribution is 9.10. The minimum Gasteiger partial charge on any atom is -0.343 e. The molecule has 1 aliphatic heterocycles. The summed E-state index contributed by atoms with van der Waals surface area (Å²) < 4.78 is 16.8. The third-order valence-corrected chi connectivity index (χ3v) is 6.44. The summed E-state index contributed by atoms with van der Waals surface area (Å²) in [5.74, 6) is -0.924. The molecule has 1 aliphatic rings. The second-order valence-electron chi connectivity index (χ2n) is 7.20. The SMILES string of the molecule is CN(C)C(=O)c1nn2c(c1-c1nc(Cl)nc3c(F)c(Br)c(Cl)cc13)CNCCCC2. The molecule has 0 radical (unpaired) electrons. The number of halogens is 4. The standard InChI is InChI=1S/C19H18BrCl2FN6O/c1-28(2)18(30)17-12(11-8-24-5-3-4-6-29(11)27-17)15-9-7-10(21)13(20)14(23)16(9)26-19(22)25-15/h7,24H,3-6,8H2,1-2H3.